The lowest BCUT2D eigenvalue weighted by molar-refractivity contribution is 0.212. The quantitative estimate of drug-likeness (QED) is 0.642. The van der Waals surface area contributed by atoms with Gasteiger partial charge >= 0.3 is 0 Å². The number of piperidine rings is 1. The Hall–Kier alpha value is 0.660. The van der Waals surface area contributed by atoms with Gasteiger partial charge in [-0.1, -0.05) is 12.8 Å². The minimum absolute atomic E-state index is 0. The Labute approximate surface area is 89.6 Å². The summed E-state index contributed by atoms with van der Waals surface area (Å²) >= 11 is 0. The maximum absolute atomic E-state index is 3.62. The average Bonchev–Trinajstić information content (AvgIpc) is 2.05. The van der Waals surface area contributed by atoms with Crippen molar-refractivity contribution < 1.29 is 0 Å². The molecule has 12 heavy (non-hydrogen) atoms. The fourth-order valence-electron chi connectivity index (χ4n) is 2.47. The van der Waals surface area contributed by atoms with Crippen LogP contribution in [0.15, 0.2) is 0 Å². The molecule has 0 spiro atoms. The van der Waals surface area contributed by atoms with E-state index in [1.54, 1.807) is 0 Å². The highest BCUT2D eigenvalue weighted by atomic mass is 32.1. The molecule has 1 heterocycles. The second-order valence-electron chi connectivity index (χ2n) is 3.75. The monoisotopic (exact) mass is 207 g/mol. The Balaban J connectivity index is 0.000000605. The van der Waals surface area contributed by atoms with Crippen molar-refractivity contribution in [2.75, 3.05) is 6.54 Å². The lowest BCUT2D eigenvalue weighted by Crippen LogP contribution is -2.42. The van der Waals surface area contributed by atoms with Gasteiger partial charge in [-0.15, -0.1) is 0 Å². The molecule has 0 aromatic heterocycles. The van der Waals surface area contributed by atoms with Gasteiger partial charge in [0.2, 0.25) is 0 Å². The molecule has 1 saturated heterocycles. The van der Waals surface area contributed by atoms with Crippen molar-refractivity contribution in [1.29, 1.82) is 0 Å². The second-order valence-corrected chi connectivity index (χ2v) is 3.75. The summed E-state index contributed by atoms with van der Waals surface area (Å²) in [6.07, 6.45) is 8.82. The number of rotatable bonds is 0. The molecule has 1 nitrogen and oxygen atoms in total. The van der Waals surface area contributed by atoms with Crippen molar-refractivity contribution in [3.8, 4) is 0 Å². The molecule has 1 saturated carbocycles. The molecule has 0 bridgehead atoms. The molecule has 2 atom stereocenters. The zero-order valence-corrected chi connectivity index (χ0v) is 9.60. The minimum atomic E-state index is 0. The van der Waals surface area contributed by atoms with Crippen LogP contribution in [0.3, 0.4) is 0 Å². The first-order chi connectivity index (χ1) is 4.97. The summed E-state index contributed by atoms with van der Waals surface area (Å²) in [7, 11) is 0. The van der Waals surface area contributed by atoms with Crippen molar-refractivity contribution >= 4 is 27.0 Å². The van der Waals surface area contributed by atoms with Gasteiger partial charge in [0.1, 0.15) is 0 Å². The molecule has 0 amide bonds. The van der Waals surface area contributed by atoms with E-state index < -0.39 is 0 Å². The molecule has 0 unspecified atom stereocenters. The van der Waals surface area contributed by atoms with E-state index >= 15 is 0 Å². The fraction of sp³-hybridized carbons (Fsp3) is 1.00. The first kappa shape index (κ1) is 12.7. The van der Waals surface area contributed by atoms with Gasteiger partial charge in [0.25, 0.3) is 0 Å². The Morgan fingerprint density at radius 1 is 0.833 bits per heavy atom. The van der Waals surface area contributed by atoms with Crippen LogP contribution in [0.2, 0.25) is 0 Å². The molecular formula is C9H21NS2. The normalized spacial score (nSPS) is 34.0. The zero-order chi connectivity index (χ0) is 6.81. The van der Waals surface area contributed by atoms with Gasteiger partial charge in [0.15, 0.2) is 0 Å². The third kappa shape index (κ3) is 2.86. The van der Waals surface area contributed by atoms with Crippen molar-refractivity contribution in [2.45, 2.75) is 44.6 Å². The number of nitrogens with one attached hydrogen (secondary N) is 1. The van der Waals surface area contributed by atoms with Crippen molar-refractivity contribution in [1.82, 2.24) is 5.32 Å². The van der Waals surface area contributed by atoms with E-state index in [0.29, 0.717) is 0 Å². The molecule has 2 rings (SSSR count). The van der Waals surface area contributed by atoms with Crippen LogP contribution in [0.1, 0.15) is 38.5 Å². The molecule has 1 aliphatic heterocycles. The van der Waals surface area contributed by atoms with E-state index in [2.05, 4.69) is 5.32 Å². The third-order valence-electron chi connectivity index (χ3n) is 3.07. The first-order valence-corrected chi connectivity index (χ1v) is 4.70. The fourth-order valence-corrected chi connectivity index (χ4v) is 2.47. The molecule has 1 aliphatic carbocycles. The van der Waals surface area contributed by atoms with Gasteiger partial charge in [-0.25, -0.2) is 0 Å². The molecule has 0 aromatic carbocycles. The largest absolute Gasteiger partial charge is 0.314 e. The molecule has 74 valence electrons. The van der Waals surface area contributed by atoms with Crippen LogP contribution in [-0.2, 0) is 0 Å². The van der Waals surface area contributed by atoms with Crippen molar-refractivity contribution in [3.05, 3.63) is 0 Å². The third-order valence-corrected chi connectivity index (χ3v) is 3.07. The molecule has 3 heteroatoms. The van der Waals surface area contributed by atoms with Crippen LogP contribution in [-0.4, -0.2) is 12.6 Å². The molecular weight excluding hydrogens is 186 g/mol. The van der Waals surface area contributed by atoms with Gasteiger partial charge in [0.05, 0.1) is 0 Å². The molecule has 1 N–H and O–H groups in total. The molecule has 0 radical (unpaired) electrons. The summed E-state index contributed by atoms with van der Waals surface area (Å²) in [4.78, 5) is 0. The van der Waals surface area contributed by atoms with E-state index in [0.717, 1.165) is 12.0 Å². The van der Waals surface area contributed by atoms with E-state index in [9.17, 15) is 0 Å². The van der Waals surface area contributed by atoms with Gasteiger partial charge in [-0.2, -0.15) is 27.0 Å². The van der Waals surface area contributed by atoms with Crippen molar-refractivity contribution in [3.63, 3.8) is 0 Å². The summed E-state index contributed by atoms with van der Waals surface area (Å²) < 4.78 is 0. The summed E-state index contributed by atoms with van der Waals surface area (Å²) in [5, 5.41) is 3.62. The first-order valence-electron chi connectivity index (χ1n) is 4.70. The van der Waals surface area contributed by atoms with Crippen LogP contribution in [0, 0.1) is 5.92 Å². The Morgan fingerprint density at radius 3 is 2.25 bits per heavy atom. The van der Waals surface area contributed by atoms with Crippen LogP contribution < -0.4 is 5.32 Å². The molecule has 0 aromatic rings. The van der Waals surface area contributed by atoms with Crippen LogP contribution in [0.5, 0.6) is 0 Å². The van der Waals surface area contributed by atoms with E-state index in [1.165, 1.54) is 45.1 Å². The summed E-state index contributed by atoms with van der Waals surface area (Å²) in [6.45, 7) is 1.28. The highest BCUT2D eigenvalue weighted by molar-refractivity contribution is 7.59. The Bertz CT molecular complexity index is 93.1. The van der Waals surface area contributed by atoms with E-state index in [4.69, 9.17) is 0 Å². The Morgan fingerprint density at radius 2 is 1.50 bits per heavy atom. The molecule has 2 aliphatic rings. The topological polar surface area (TPSA) is 12.0 Å². The lowest BCUT2D eigenvalue weighted by atomic mass is 9.80. The van der Waals surface area contributed by atoms with Gasteiger partial charge in [-0.05, 0) is 38.1 Å². The summed E-state index contributed by atoms with van der Waals surface area (Å²) in [5.41, 5.74) is 0. The van der Waals surface area contributed by atoms with Crippen LogP contribution in [0.25, 0.3) is 0 Å². The maximum atomic E-state index is 3.62. The predicted molar refractivity (Wildman–Crippen MR) is 63.7 cm³/mol. The number of hydrogen-bond donors (Lipinski definition) is 1. The second kappa shape index (κ2) is 6.17. The van der Waals surface area contributed by atoms with E-state index in [-0.39, 0.29) is 27.0 Å². The number of fused-ring (bicyclic) bond motifs is 1. The zero-order valence-electron chi connectivity index (χ0n) is 7.60. The van der Waals surface area contributed by atoms with E-state index in [1.807, 2.05) is 0 Å². The minimum Gasteiger partial charge on any atom is -0.314 e. The maximum Gasteiger partial charge on any atom is 0.00953 e. The summed E-state index contributed by atoms with van der Waals surface area (Å²) in [5.74, 6) is 1.04. The highest BCUT2D eigenvalue weighted by Crippen LogP contribution is 2.29. The number of hydrogen-bond acceptors (Lipinski definition) is 1. The standard InChI is InChI=1S/C9H17N.2H2S/c1-2-6-9-8(4-1)5-3-7-10-9;;/h8-10H,1-7H2;2*1H2/t8-,9+;;/m1../s1. The van der Waals surface area contributed by atoms with Crippen molar-refractivity contribution in [2.24, 2.45) is 5.92 Å². The van der Waals surface area contributed by atoms with Crippen LogP contribution >= 0.6 is 27.0 Å². The smallest absolute Gasteiger partial charge is 0.00953 e. The van der Waals surface area contributed by atoms with Gasteiger partial charge in [0, 0.05) is 6.04 Å². The summed E-state index contributed by atoms with van der Waals surface area (Å²) in [6, 6.07) is 0.905. The van der Waals surface area contributed by atoms with Gasteiger partial charge in [-0.3, -0.25) is 0 Å². The Kier molecular flexibility index (Phi) is 6.50. The lowest BCUT2D eigenvalue weighted by Gasteiger charge is -2.36. The SMILES string of the molecule is C1CC[C@@H]2NCCC[C@H]2C1.S.S. The average molecular weight is 207 g/mol. The molecule has 2 fully saturated rings. The van der Waals surface area contributed by atoms with Crippen LogP contribution in [0.4, 0.5) is 0 Å². The van der Waals surface area contributed by atoms with Gasteiger partial charge < -0.3 is 5.32 Å². The highest BCUT2D eigenvalue weighted by Gasteiger charge is 2.26. The predicted octanol–water partition coefficient (Wildman–Crippen LogP) is 2.15.